The summed E-state index contributed by atoms with van der Waals surface area (Å²) in [7, 11) is 1.45. The number of likely N-dealkylation sites (N-methyl/N-ethyl adjacent to an activating group) is 1. The molecule has 0 spiro atoms. The maximum absolute atomic E-state index is 12.3. The summed E-state index contributed by atoms with van der Waals surface area (Å²) in [6.45, 7) is 2.39. The van der Waals surface area contributed by atoms with Crippen molar-refractivity contribution in [2.75, 3.05) is 13.6 Å². The smallest absolute Gasteiger partial charge is 0.251 e. The molecule has 3 amide bonds. The van der Waals surface area contributed by atoms with Crippen LogP contribution in [0.3, 0.4) is 0 Å². The van der Waals surface area contributed by atoms with Gasteiger partial charge in [0.15, 0.2) is 0 Å². The summed E-state index contributed by atoms with van der Waals surface area (Å²) < 4.78 is 0. The molecular formula is C13H21N3O3. The standard InChI is InChI=1S/C13H21N3O3/c1-8-5-13(6-8,7-14)12(19)15-9-3-4-10(17)16(2)11(9)18/h8-9H,3-7,14H2,1-2H3,(H,15,19). The average Bonchev–Trinajstić information content (AvgIpc) is 2.35. The van der Waals surface area contributed by atoms with Crippen LogP contribution in [0.2, 0.25) is 0 Å². The molecule has 2 fully saturated rings. The van der Waals surface area contributed by atoms with E-state index in [2.05, 4.69) is 12.2 Å². The van der Waals surface area contributed by atoms with Gasteiger partial charge >= 0.3 is 0 Å². The quantitative estimate of drug-likeness (QED) is 0.682. The second-order valence-electron chi connectivity index (χ2n) is 5.85. The van der Waals surface area contributed by atoms with E-state index in [-0.39, 0.29) is 17.7 Å². The number of hydrogen-bond donors (Lipinski definition) is 2. The Morgan fingerprint density at radius 3 is 2.63 bits per heavy atom. The minimum Gasteiger partial charge on any atom is -0.344 e. The van der Waals surface area contributed by atoms with Crippen molar-refractivity contribution in [3.8, 4) is 0 Å². The van der Waals surface area contributed by atoms with Crippen LogP contribution in [0.15, 0.2) is 0 Å². The number of hydrogen-bond acceptors (Lipinski definition) is 4. The second-order valence-corrected chi connectivity index (χ2v) is 5.85. The second kappa shape index (κ2) is 4.92. The lowest BCUT2D eigenvalue weighted by atomic mass is 9.62. The predicted octanol–water partition coefficient (Wildman–Crippen LogP) is -0.375. The summed E-state index contributed by atoms with van der Waals surface area (Å²) in [5.41, 5.74) is 5.20. The maximum Gasteiger partial charge on any atom is 0.251 e. The molecule has 0 bridgehead atoms. The SMILES string of the molecule is CC1CC(CN)(C(=O)NC2CCC(=O)N(C)C2=O)C1. The first-order chi connectivity index (χ1) is 8.89. The molecule has 0 radical (unpaired) electrons. The molecule has 6 nitrogen and oxygen atoms in total. The molecule has 1 aliphatic heterocycles. The molecule has 1 atom stereocenters. The normalized spacial score (nSPS) is 35.0. The fourth-order valence-electron chi connectivity index (χ4n) is 3.08. The van der Waals surface area contributed by atoms with E-state index in [0.29, 0.717) is 25.3 Å². The van der Waals surface area contributed by atoms with E-state index < -0.39 is 11.5 Å². The summed E-state index contributed by atoms with van der Waals surface area (Å²) in [6.07, 6.45) is 2.21. The Bertz CT molecular complexity index is 415. The van der Waals surface area contributed by atoms with Crippen molar-refractivity contribution in [3.63, 3.8) is 0 Å². The van der Waals surface area contributed by atoms with Gasteiger partial charge in [0.1, 0.15) is 6.04 Å². The predicted molar refractivity (Wildman–Crippen MR) is 68.8 cm³/mol. The number of nitrogens with one attached hydrogen (secondary N) is 1. The molecule has 2 aliphatic rings. The van der Waals surface area contributed by atoms with Crippen LogP contribution in [0.4, 0.5) is 0 Å². The van der Waals surface area contributed by atoms with E-state index in [9.17, 15) is 14.4 Å². The highest BCUT2D eigenvalue weighted by atomic mass is 16.2. The number of nitrogens with two attached hydrogens (primary N) is 1. The first kappa shape index (κ1) is 14.0. The number of rotatable bonds is 3. The van der Waals surface area contributed by atoms with E-state index in [0.717, 1.165) is 17.7 Å². The van der Waals surface area contributed by atoms with Crippen LogP contribution in [0.25, 0.3) is 0 Å². The minimum atomic E-state index is -0.588. The Labute approximate surface area is 112 Å². The van der Waals surface area contributed by atoms with Crippen molar-refractivity contribution >= 4 is 17.7 Å². The van der Waals surface area contributed by atoms with Gasteiger partial charge in [-0.05, 0) is 25.2 Å². The summed E-state index contributed by atoms with van der Waals surface area (Å²) in [6, 6.07) is -0.588. The molecule has 1 aliphatic carbocycles. The van der Waals surface area contributed by atoms with Crippen molar-refractivity contribution in [2.24, 2.45) is 17.1 Å². The van der Waals surface area contributed by atoms with Crippen molar-refractivity contribution in [3.05, 3.63) is 0 Å². The van der Waals surface area contributed by atoms with E-state index in [4.69, 9.17) is 5.73 Å². The third kappa shape index (κ3) is 2.36. The molecule has 0 aromatic carbocycles. The fourth-order valence-corrected chi connectivity index (χ4v) is 3.08. The monoisotopic (exact) mass is 267 g/mol. The summed E-state index contributed by atoms with van der Waals surface area (Å²) in [4.78, 5) is 36.7. The highest BCUT2D eigenvalue weighted by molar-refractivity contribution is 6.01. The van der Waals surface area contributed by atoms with Crippen LogP contribution in [-0.4, -0.2) is 42.3 Å². The topological polar surface area (TPSA) is 92.5 Å². The van der Waals surface area contributed by atoms with Crippen LogP contribution >= 0.6 is 0 Å². The maximum atomic E-state index is 12.3. The zero-order valence-corrected chi connectivity index (χ0v) is 11.4. The van der Waals surface area contributed by atoms with Gasteiger partial charge in [0.2, 0.25) is 11.8 Å². The lowest BCUT2D eigenvalue weighted by Crippen LogP contribution is -2.59. The van der Waals surface area contributed by atoms with Gasteiger partial charge in [-0.1, -0.05) is 6.92 Å². The Hall–Kier alpha value is -1.43. The highest BCUT2D eigenvalue weighted by Crippen LogP contribution is 2.44. The first-order valence-electron chi connectivity index (χ1n) is 6.71. The van der Waals surface area contributed by atoms with Gasteiger partial charge in [-0.3, -0.25) is 19.3 Å². The average molecular weight is 267 g/mol. The molecule has 1 saturated carbocycles. The summed E-state index contributed by atoms with van der Waals surface area (Å²) in [5, 5.41) is 2.77. The van der Waals surface area contributed by atoms with Gasteiger partial charge in [-0.15, -0.1) is 0 Å². The van der Waals surface area contributed by atoms with Crippen molar-refractivity contribution < 1.29 is 14.4 Å². The molecule has 0 aromatic heterocycles. The number of likely N-dealkylation sites (tertiary alicyclic amines) is 1. The van der Waals surface area contributed by atoms with Gasteiger partial charge in [-0.25, -0.2) is 0 Å². The van der Waals surface area contributed by atoms with Crippen molar-refractivity contribution in [2.45, 2.75) is 38.6 Å². The van der Waals surface area contributed by atoms with Crippen LogP contribution < -0.4 is 11.1 Å². The molecule has 1 heterocycles. The third-order valence-electron chi connectivity index (χ3n) is 4.31. The number of piperidine rings is 1. The first-order valence-corrected chi connectivity index (χ1v) is 6.71. The van der Waals surface area contributed by atoms with E-state index in [1.54, 1.807) is 0 Å². The Kier molecular flexibility index (Phi) is 3.62. The summed E-state index contributed by atoms with van der Waals surface area (Å²) >= 11 is 0. The zero-order valence-electron chi connectivity index (χ0n) is 11.4. The number of nitrogens with zero attached hydrogens (tertiary/aromatic N) is 1. The molecule has 0 aromatic rings. The van der Waals surface area contributed by atoms with Crippen molar-refractivity contribution in [1.29, 1.82) is 0 Å². The van der Waals surface area contributed by atoms with E-state index >= 15 is 0 Å². The fraction of sp³-hybridized carbons (Fsp3) is 0.769. The lowest BCUT2D eigenvalue weighted by Gasteiger charge is -2.45. The van der Waals surface area contributed by atoms with Gasteiger partial charge in [-0.2, -0.15) is 0 Å². The summed E-state index contributed by atoms with van der Waals surface area (Å²) in [5.74, 6) is -0.166. The Balaban J connectivity index is 1.99. The third-order valence-corrected chi connectivity index (χ3v) is 4.31. The number of amides is 3. The number of imide groups is 1. The van der Waals surface area contributed by atoms with Crippen LogP contribution in [-0.2, 0) is 14.4 Å². The molecular weight excluding hydrogens is 246 g/mol. The Morgan fingerprint density at radius 2 is 2.11 bits per heavy atom. The number of carbonyl (C=O) groups excluding carboxylic acids is 3. The van der Waals surface area contributed by atoms with Crippen molar-refractivity contribution in [1.82, 2.24) is 10.2 Å². The molecule has 1 saturated heterocycles. The van der Waals surface area contributed by atoms with Crippen LogP contribution in [0.1, 0.15) is 32.6 Å². The highest BCUT2D eigenvalue weighted by Gasteiger charge is 2.48. The minimum absolute atomic E-state index is 0.144. The van der Waals surface area contributed by atoms with E-state index in [1.165, 1.54) is 7.05 Å². The van der Waals surface area contributed by atoms with Crippen LogP contribution in [0, 0.1) is 11.3 Å². The largest absolute Gasteiger partial charge is 0.344 e. The molecule has 19 heavy (non-hydrogen) atoms. The van der Waals surface area contributed by atoms with Crippen LogP contribution in [0.5, 0.6) is 0 Å². The molecule has 2 rings (SSSR count). The zero-order chi connectivity index (χ0) is 14.2. The number of carbonyl (C=O) groups is 3. The lowest BCUT2D eigenvalue weighted by molar-refractivity contribution is -0.151. The van der Waals surface area contributed by atoms with Gasteiger partial charge in [0.05, 0.1) is 5.41 Å². The van der Waals surface area contributed by atoms with E-state index in [1.807, 2.05) is 0 Å². The van der Waals surface area contributed by atoms with Gasteiger partial charge in [0, 0.05) is 20.0 Å². The molecule has 3 N–H and O–H groups in total. The van der Waals surface area contributed by atoms with Gasteiger partial charge in [0.25, 0.3) is 5.91 Å². The molecule has 1 unspecified atom stereocenters. The Morgan fingerprint density at radius 1 is 1.47 bits per heavy atom. The molecule has 6 heteroatoms. The molecule has 106 valence electrons. The van der Waals surface area contributed by atoms with Gasteiger partial charge < -0.3 is 11.1 Å².